The zero-order valence-electron chi connectivity index (χ0n) is 13.1. The topological polar surface area (TPSA) is 54.0 Å². The van der Waals surface area contributed by atoms with Gasteiger partial charge in [0.25, 0.3) is 5.91 Å². The average Bonchev–Trinajstić information content (AvgIpc) is 2.58. The lowest BCUT2D eigenvalue weighted by atomic mass is 10.2. The number of carbonyl (C=O) groups excluding carboxylic acids is 1. The molecule has 0 aliphatic rings. The lowest BCUT2D eigenvalue weighted by molar-refractivity contribution is 0.102. The molecule has 0 unspecified atom stereocenters. The Bertz CT molecular complexity index is 865. The summed E-state index contributed by atoms with van der Waals surface area (Å²) in [6.45, 7) is 2.00. The normalized spacial score (nSPS) is 10.2. The van der Waals surface area contributed by atoms with E-state index in [0.717, 1.165) is 27.1 Å². The van der Waals surface area contributed by atoms with Crippen molar-refractivity contribution in [1.29, 1.82) is 0 Å². The van der Waals surface area contributed by atoms with E-state index in [1.165, 1.54) is 0 Å². The summed E-state index contributed by atoms with van der Waals surface area (Å²) in [5, 5.41) is 6.12. The van der Waals surface area contributed by atoms with Crippen LogP contribution in [0.15, 0.2) is 71.5 Å². The van der Waals surface area contributed by atoms with Crippen LogP contribution in [0, 0.1) is 6.92 Å². The number of anilines is 3. The summed E-state index contributed by atoms with van der Waals surface area (Å²) < 4.78 is 0.849. The quantitative estimate of drug-likeness (QED) is 0.656. The second kappa shape index (κ2) is 7.27. The molecule has 0 aliphatic heterocycles. The third-order valence-electron chi connectivity index (χ3n) is 3.44. The molecule has 3 aromatic rings. The van der Waals surface area contributed by atoms with Gasteiger partial charge in [-0.3, -0.25) is 9.78 Å². The van der Waals surface area contributed by atoms with Crippen LogP contribution in [0.25, 0.3) is 0 Å². The number of aryl methyl sites for hydroxylation is 1. The van der Waals surface area contributed by atoms with E-state index < -0.39 is 0 Å². The maximum Gasteiger partial charge on any atom is 0.257 e. The third kappa shape index (κ3) is 4.00. The number of amides is 1. The molecular weight excluding hydrogens is 366 g/mol. The Morgan fingerprint density at radius 1 is 1.00 bits per heavy atom. The first kappa shape index (κ1) is 16.2. The summed E-state index contributed by atoms with van der Waals surface area (Å²) in [5.41, 5.74) is 4.04. The van der Waals surface area contributed by atoms with Crippen molar-refractivity contribution in [2.75, 3.05) is 10.6 Å². The van der Waals surface area contributed by atoms with E-state index in [0.29, 0.717) is 5.56 Å². The van der Waals surface area contributed by atoms with Gasteiger partial charge in [-0.2, -0.15) is 0 Å². The molecule has 120 valence electrons. The molecule has 0 aliphatic carbocycles. The van der Waals surface area contributed by atoms with Crippen molar-refractivity contribution in [3.63, 3.8) is 0 Å². The molecule has 0 spiro atoms. The maximum atomic E-state index is 12.5. The van der Waals surface area contributed by atoms with Crippen LogP contribution < -0.4 is 10.6 Å². The van der Waals surface area contributed by atoms with Gasteiger partial charge in [-0.05, 0) is 58.7 Å². The van der Waals surface area contributed by atoms with Crippen LogP contribution in [0.2, 0.25) is 0 Å². The third-order valence-corrected chi connectivity index (χ3v) is 4.09. The SMILES string of the molecule is Cc1ccc(NC(=O)c2cncc(Nc3ccccc3)c2)c(Br)c1. The van der Waals surface area contributed by atoms with Crippen LogP contribution in [0.5, 0.6) is 0 Å². The zero-order valence-corrected chi connectivity index (χ0v) is 14.7. The molecule has 0 saturated carbocycles. The fourth-order valence-corrected chi connectivity index (χ4v) is 2.83. The smallest absolute Gasteiger partial charge is 0.257 e. The minimum Gasteiger partial charge on any atom is -0.354 e. The van der Waals surface area contributed by atoms with Crippen LogP contribution in [0.3, 0.4) is 0 Å². The van der Waals surface area contributed by atoms with Gasteiger partial charge in [-0.1, -0.05) is 24.3 Å². The fourth-order valence-electron chi connectivity index (χ4n) is 2.24. The van der Waals surface area contributed by atoms with Crippen molar-refractivity contribution in [2.45, 2.75) is 6.92 Å². The van der Waals surface area contributed by atoms with E-state index >= 15 is 0 Å². The highest BCUT2D eigenvalue weighted by atomic mass is 79.9. The number of carbonyl (C=O) groups is 1. The molecule has 24 heavy (non-hydrogen) atoms. The Balaban J connectivity index is 1.77. The Labute approximate surface area is 149 Å². The number of para-hydroxylation sites is 1. The molecule has 3 rings (SSSR count). The van der Waals surface area contributed by atoms with E-state index in [1.807, 2.05) is 55.5 Å². The predicted octanol–water partition coefficient (Wildman–Crippen LogP) is 5.15. The van der Waals surface area contributed by atoms with Crippen LogP contribution in [0.4, 0.5) is 17.1 Å². The summed E-state index contributed by atoms with van der Waals surface area (Å²) in [7, 11) is 0. The summed E-state index contributed by atoms with van der Waals surface area (Å²) in [6.07, 6.45) is 3.24. The van der Waals surface area contributed by atoms with Crippen molar-refractivity contribution in [3.8, 4) is 0 Å². The van der Waals surface area contributed by atoms with Gasteiger partial charge in [0.05, 0.1) is 23.1 Å². The predicted molar refractivity (Wildman–Crippen MR) is 101 cm³/mol. The molecule has 1 amide bonds. The van der Waals surface area contributed by atoms with Gasteiger partial charge in [0.15, 0.2) is 0 Å². The first-order chi connectivity index (χ1) is 11.6. The van der Waals surface area contributed by atoms with Gasteiger partial charge in [0.1, 0.15) is 0 Å². The van der Waals surface area contributed by atoms with Crippen molar-refractivity contribution < 1.29 is 4.79 Å². The van der Waals surface area contributed by atoms with Gasteiger partial charge in [-0.25, -0.2) is 0 Å². The zero-order chi connectivity index (χ0) is 16.9. The van der Waals surface area contributed by atoms with Crippen molar-refractivity contribution >= 4 is 38.9 Å². The number of hydrogen-bond acceptors (Lipinski definition) is 3. The molecule has 0 fully saturated rings. The summed E-state index contributed by atoms with van der Waals surface area (Å²) >= 11 is 3.46. The number of hydrogen-bond donors (Lipinski definition) is 2. The van der Waals surface area contributed by atoms with Crippen LogP contribution >= 0.6 is 15.9 Å². The Morgan fingerprint density at radius 3 is 2.54 bits per heavy atom. The second-order valence-electron chi connectivity index (χ2n) is 5.39. The Morgan fingerprint density at radius 2 is 1.79 bits per heavy atom. The number of rotatable bonds is 4. The minimum absolute atomic E-state index is 0.205. The van der Waals surface area contributed by atoms with Gasteiger partial charge in [0, 0.05) is 16.4 Å². The van der Waals surface area contributed by atoms with E-state index in [2.05, 4.69) is 31.5 Å². The second-order valence-corrected chi connectivity index (χ2v) is 6.25. The highest BCUT2D eigenvalue weighted by Gasteiger charge is 2.10. The van der Waals surface area contributed by atoms with Crippen molar-refractivity contribution in [3.05, 3.63) is 82.6 Å². The summed E-state index contributed by atoms with van der Waals surface area (Å²) in [4.78, 5) is 16.6. The minimum atomic E-state index is -0.205. The Kier molecular flexibility index (Phi) is 4.91. The van der Waals surface area contributed by atoms with E-state index in [-0.39, 0.29) is 5.91 Å². The van der Waals surface area contributed by atoms with Gasteiger partial charge >= 0.3 is 0 Å². The number of benzene rings is 2. The van der Waals surface area contributed by atoms with Gasteiger partial charge in [-0.15, -0.1) is 0 Å². The molecule has 0 radical (unpaired) electrons. The molecule has 1 aromatic heterocycles. The molecule has 0 atom stereocenters. The van der Waals surface area contributed by atoms with Crippen LogP contribution in [-0.4, -0.2) is 10.9 Å². The molecule has 4 nitrogen and oxygen atoms in total. The molecular formula is C19H16BrN3O. The number of pyridine rings is 1. The fraction of sp³-hybridized carbons (Fsp3) is 0.0526. The number of aromatic nitrogens is 1. The van der Waals surface area contributed by atoms with Crippen LogP contribution in [-0.2, 0) is 0 Å². The molecule has 1 heterocycles. The lowest BCUT2D eigenvalue weighted by Crippen LogP contribution is -2.13. The highest BCUT2D eigenvalue weighted by Crippen LogP contribution is 2.24. The summed E-state index contributed by atoms with van der Waals surface area (Å²) in [5.74, 6) is -0.205. The monoisotopic (exact) mass is 381 g/mol. The molecule has 0 bridgehead atoms. The standard InChI is InChI=1S/C19H16BrN3O/c1-13-7-8-18(17(20)9-13)23-19(24)14-10-16(12-21-11-14)22-15-5-3-2-4-6-15/h2-12,22H,1H3,(H,23,24). The first-order valence-corrected chi connectivity index (χ1v) is 8.26. The molecule has 5 heteroatoms. The molecule has 2 aromatic carbocycles. The molecule has 0 saturated heterocycles. The lowest BCUT2D eigenvalue weighted by Gasteiger charge is -2.10. The average molecular weight is 382 g/mol. The van der Waals surface area contributed by atoms with Crippen molar-refractivity contribution in [2.24, 2.45) is 0 Å². The first-order valence-electron chi connectivity index (χ1n) is 7.46. The van der Waals surface area contributed by atoms with Gasteiger partial charge in [0.2, 0.25) is 0 Å². The molecule has 2 N–H and O–H groups in total. The summed E-state index contributed by atoms with van der Waals surface area (Å²) in [6, 6.07) is 17.3. The van der Waals surface area contributed by atoms with E-state index in [9.17, 15) is 4.79 Å². The highest BCUT2D eigenvalue weighted by molar-refractivity contribution is 9.10. The number of nitrogens with one attached hydrogen (secondary N) is 2. The Hall–Kier alpha value is -2.66. The van der Waals surface area contributed by atoms with Gasteiger partial charge < -0.3 is 10.6 Å². The van der Waals surface area contributed by atoms with E-state index in [1.54, 1.807) is 18.5 Å². The number of nitrogens with zero attached hydrogens (tertiary/aromatic N) is 1. The number of halogens is 1. The van der Waals surface area contributed by atoms with E-state index in [4.69, 9.17) is 0 Å². The maximum absolute atomic E-state index is 12.5. The van der Waals surface area contributed by atoms with Crippen LogP contribution in [0.1, 0.15) is 15.9 Å². The van der Waals surface area contributed by atoms with Crippen molar-refractivity contribution in [1.82, 2.24) is 4.98 Å². The largest absolute Gasteiger partial charge is 0.354 e.